The van der Waals surface area contributed by atoms with E-state index in [1.165, 1.54) is 37.4 Å². The summed E-state index contributed by atoms with van der Waals surface area (Å²) < 4.78 is 24.6. The van der Waals surface area contributed by atoms with Crippen molar-refractivity contribution < 1.29 is 23.8 Å². The SMILES string of the molecule is C=Cc1ccnc(Oc2ccc(C(C)O)cc2F)c1C(=O)OCC. The highest BCUT2D eigenvalue weighted by Crippen LogP contribution is 2.30. The van der Waals surface area contributed by atoms with E-state index >= 15 is 0 Å². The van der Waals surface area contributed by atoms with Gasteiger partial charge in [-0.15, -0.1) is 0 Å². The Bertz CT molecular complexity index is 759. The first-order valence-electron chi connectivity index (χ1n) is 7.41. The summed E-state index contributed by atoms with van der Waals surface area (Å²) in [6, 6.07) is 5.65. The third kappa shape index (κ3) is 3.78. The summed E-state index contributed by atoms with van der Waals surface area (Å²) >= 11 is 0. The summed E-state index contributed by atoms with van der Waals surface area (Å²) in [5.41, 5.74) is 0.964. The number of pyridine rings is 1. The van der Waals surface area contributed by atoms with Crippen molar-refractivity contribution in [2.45, 2.75) is 20.0 Å². The summed E-state index contributed by atoms with van der Waals surface area (Å²) in [6.45, 7) is 7.03. The number of nitrogens with zero attached hydrogens (tertiary/aromatic N) is 1. The number of carbonyl (C=O) groups is 1. The molecule has 1 aromatic carbocycles. The topological polar surface area (TPSA) is 68.7 Å². The summed E-state index contributed by atoms with van der Waals surface area (Å²) in [4.78, 5) is 16.1. The second-order valence-corrected chi connectivity index (χ2v) is 4.97. The van der Waals surface area contributed by atoms with E-state index in [0.29, 0.717) is 11.1 Å². The number of aromatic nitrogens is 1. The van der Waals surface area contributed by atoms with Crippen LogP contribution < -0.4 is 4.74 Å². The van der Waals surface area contributed by atoms with E-state index in [1.807, 2.05) is 0 Å². The lowest BCUT2D eigenvalue weighted by Crippen LogP contribution is -2.10. The molecule has 1 atom stereocenters. The average molecular weight is 331 g/mol. The number of ether oxygens (including phenoxy) is 2. The molecule has 6 heteroatoms. The van der Waals surface area contributed by atoms with E-state index in [-0.39, 0.29) is 23.8 Å². The van der Waals surface area contributed by atoms with Crippen LogP contribution in [0, 0.1) is 5.82 Å². The maximum Gasteiger partial charge on any atom is 0.344 e. The molecule has 0 aliphatic carbocycles. The molecule has 1 heterocycles. The molecule has 126 valence electrons. The zero-order valence-electron chi connectivity index (χ0n) is 13.5. The van der Waals surface area contributed by atoms with Gasteiger partial charge in [-0.25, -0.2) is 14.2 Å². The Morgan fingerprint density at radius 1 is 1.46 bits per heavy atom. The van der Waals surface area contributed by atoms with Crippen molar-refractivity contribution in [2.24, 2.45) is 0 Å². The first-order chi connectivity index (χ1) is 11.5. The molecule has 0 radical (unpaired) electrons. The third-order valence-corrected chi connectivity index (χ3v) is 3.29. The predicted molar refractivity (Wildman–Crippen MR) is 87.4 cm³/mol. The number of aliphatic hydroxyl groups is 1. The summed E-state index contributed by atoms with van der Waals surface area (Å²) in [6.07, 6.45) is 2.09. The smallest absolute Gasteiger partial charge is 0.344 e. The molecule has 1 unspecified atom stereocenters. The zero-order chi connectivity index (χ0) is 17.7. The van der Waals surface area contributed by atoms with Crippen LogP contribution in [0.15, 0.2) is 37.0 Å². The molecule has 1 N–H and O–H groups in total. The van der Waals surface area contributed by atoms with Crippen molar-refractivity contribution in [3.8, 4) is 11.6 Å². The van der Waals surface area contributed by atoms with Gasteiger partial charge in [0, 0.05) is 6.20 Å². The average Bonchev–Trinajstić information content (AvgIpc) is 2.56. The molecule has 0 amide bonds. The van der Waals surface area contributed by atoms with Crippen LogP contribution in [0.2, 0.25) is 0 Å². The third-order valence-electron chi connectivity index (χ3n) is 3.29. The highest BCUT2D eigenvalue weighted by molar-refractivity contribution is 5.96. The van der Waals surface area contributed by atoms with E-state index in [2.05, 4.69) is 11.6 Å². The number of esters is 1. The van der Waals surface area contributed by atoms with E-state index < -0.39 is 17.9 Å². The highest BCUT2D eigenvalue weighted by atomic mass is 19.1. The lowest BCUT2D eigenvalue weighted by atomic mass is 10.1. The molecule has 2 aromatic rings. The fourth-order valence-electron chi connectivity index (χ4n) is 2.08. The molecular weight excluding hydrogens is 313 g/mol. The molecule has 0 spiro atoms. The Labute approximate surface area is 139 Å². The minimum absolute atomic E-state index is 0.0745. The maximum atomic E-state index is 14.2. The van der Waals surface area contributed by atoms with Gasteiger partial charge in [0.25, 0.3) is 0 Å². The van der Waals surface area contributed by atoms with E-state index in [4.69, 9.17) is 9.47 Å². The Morgan fingerprint density at radius 2 is 2.21 bits per heavy atom. The van der Waals surface area contributed by atoms with Crippen LogP contribution in [-0.2, 0) is 4.74 Å². The number of halogens is 1. The van der Waals surface area contributed by atoms with Crippen LogP contribution >= 0.6 is 0 Å². The predicted octanol–water partition coefficient (Wildman–Crippen LogP) is 3.89. The minimum Gasteiger partial charge on any atom is -0.462 e. The fourth-order valence-corrected chi connectivity index (χ4v) is 2.08. The largest absolute Gasteiger partial charge is 0.462 e. The fraction of sp³-hybridized carbons (Fsp3) is 0.222. The van der Waals surface area contributed by atoms with Gasteiger partial charge in [0.15, 0.2) is 11.6 Å². The van der Waals surface area contributed by atoms with Crippen molar-refractivity contribution in [3.63, 3.8) is 0 Å². The highest BCUT2D eigenvalue weighted by Gasteiger charge is 2.20. The second-order valence-electron chi connectivity index (χ2n) is 4.97. The Kier molecular flexibility index (Phi) is 5.65. The van der Waals surface area contributed by atoms with Gasteiger partial charge in [-0.3, -0.25) is 0 Å². The van der Waals surface area contributed by atoms with E-state index in [0.717, 1.165) is 0 Å². The monoisotopic (exact) mass is 331 g/mol. The number of hydrogen-bond acceptors (Lipinski definition) is 5. The molecule has 1 aromatic heterocycles. The van der Waals surface area contributed by atoms with Gasteiger partial charge < -0.3 is 14.6 Å². The second kappa shape index (κ2) is 7.70. The molecule has 0 aliphatic rings. The summed E-state index contributed by atoms with van der Waals surface area (Å²) in [5.74, 6) is -1.49. The van der Waals surface area contributed by atoms with E-state index in [9.17, 15) is 14.3 Å². The Morgan fingerprint density at radius 3 is 2.79 bits per heavy atom. The molecule has 0 saturated heterocycles. The van der Waals surface area contributed by atoms with Gasteiger partial charge in [0.1, 0.15) is 5.56 Å². The summed E-state index contributed by atoms with van der Waals surface area (Å²) in [5, 5.41) is 9.48. The number of carbonyl (C=O) groups excluding carboxylic acids is 1. The molecule has 0 aliphatic heterocycles. The van der Waals surface area contributed by atoms with Crippen LogP contribution in [0.1, 0.15) is 41.4 Å². The number of hydrogen-bond donors (Lipinski definition) is 1. The number of benzene rings is 1. The van der Waals surface area contributed by atoms with Crippen molar-refractivity contribution in [1.82, 2.24) is 4.98 Å². The van der Waals surface area contributed by atoms with E-state index in [1.54, 1.807) is 13.0 Å². The molecule has 0 fully saturated rings. The van der Waals surface area contributed by atoms with Gasteiger partial charge in [-0.05, 0) is 43.2 Å². The van der Waals surface area contributed by atoms with Gasteiger partial charge in [-0.1, -0.05) is 18.7 Å². The van der Waals surface area contributed by atoms with Gasteiger partial charge in [0.05, 0.1) is 12.7 Å². The van der Waals surface area contributed by atoms with Crippen molar-refractivity contribution in [1.29, 1.82) is 0 Å². The van der Waals surface area contributed by atoms with Crippen LogP contribution in [0.4, 0.5) is 4.39 Å². The minimum atomic E-state index is -0.800. The lowest BCUT2D eigenvalue weighted by Gasteiger charge is -2.13. The van der Waals surface area contributed by atoms with Crippen molar-refractivity contribution in [3.05, 3.63) is 59.5 Å². The summed E-state index contributed by atoms with van der Waals surface area (Å²) in [7, 11) is 0. The quantitative estimate of drug-likeness (QED) is 0.813. The Hall–Kier alpha value is -2.73. The molecule has 0 bridgehead atoms. The molecule has 24 heavy (non-hydrogen) atoms. The standard InChI is InChI=1S/C18H18FNO4/c1-4-12-8-9-20-17(16(12)18(22)23-5-2)24-15-7-6-13(11(3)21)10-14(15)19/h4,6-11,21H,1,5H2,2-3H3. The number of rotatable bonds is 6. The van der Waals surface area contributed by atoms with Crippen molar-refractivity contribution >= 4 is 12.0 Å². The molecular formula is C18H18FNO4. The Balaban J connectivity index is 2.43. The molecule has 2 rings (SSSR count). The zero-order valence-corrected chi connectivity index (χ0v) is 13.5. The van der Waals surface area contributed by atoms with Crippen LogP contribution in [0.3, 0.4) is 0 Å². The van der Waals surface area contributed by atoms with Crippen LogP contribution in [-0.4, -0.2) is 22.7 Å². The maximum absolute atomic E-state index is 14.2. The molecule has 0 saturated carbocycles. The van der Waals surface area contributed by atoms with Crippen LogP contribution in [0.5, 0.6) is 11.6 Å². The van der Waals surface area contributed by atoms with Crippen molar-refractivity contribution in [2.75, 3.05) is 6.61 Å². The lowest BCUT2D eigenvalue weighted by molar-refractivity contribution is 0.0522. The first kappa shape index (κ1) is 17.6. The van der Waals surface area contributed by atoms with Gasteiger partial charge >= 0.3 is 5.97 Å². The number of aliphatic hydroxyl groups excluding tert-OH is 1. The van der Waals surface area contributed by atoms with Gasteiger partial charge in [0.2, 0.25) is 5.88 Å². The van der Waals surface area contributed by atoms with Gasteiger partial charge in [-0.2, -0.15) is 0 Å². The normalized spacial score (nSPS) is 11.7. The molecule has 5 nitrogen and oxygen atoms in total. The van der Waals surface area contributed by atoms with Crippen LogP contribution in [0.25, 0.3) is 6.08 Å². The first-order valence-corrected chi connectivity index (χ1v) is 7.41.